The van der Waals surface area contributed by atoms with E-state index in [1.54, 1.807) is 12.3 Å². The van der Waals surface area contributed by atoms with E-state index >= 15 is 0 Å². The molecule has 6 nitrogen and oxygen atoms in total. The van der Waals surface area contributed by atoms with Gasteiger partial charge in [0.25, 0.3) is 5.91 Å². The Hall–Kier alpha value is -2.60. The molecule has 148 valence electrons. The molecule has 0 radical (unpaired) electrons. The smallest absolute Gasteiger partial charge is 0.255 e. The molecule has 1 aromatic carbocycles. The number of piperidine rings is 1. The molecule has 6 heteroatoms. The topological polar surface area (TPSA) is 57.7 Å². The summed E-state index contributed by atoms with van der Waals surface area (Å²) in [5.74, 6) is 1.45. The van der Waals surface area contributed by atoms with Gasteiger partial charge >= 0.3 is 0 Å². The van der Waals surface area contributed by atoms with Gasteiger partial charge in [0.05, 0.1) is 24.6 Å². The summed E-state index contributed by atoms with van der Waals surface area (Å²) >= 11 is 0. The van der Waals surface area contributed by atoms with Crippen molar-refractivity contribution in [2.24, 2.45) is 5.92 Å². The van der Waals surface area contributed by atoms with Crippen molar-refractivity contribution in [2.75, 3.05) is 54.5 Å². The number of ether oxygens (including phenoxy) is 1. The van der Waals surface area contributed by atoms with Gasteiger partial charge < -0.3 is 19.9 Å². The van der Waals surface area contributed by atoms with Crippen LogP contribution >= 0.6 is 0 Å². The number of nitrogens with zero attached hydrogens (tertiary/aromatic N) is 3. The maximum atomic E-state index is 12.9. The average molecular weight is 380 g/mol. The van der Waals surface area contributed by atoms with Gasteiger partial charge in [0.2, 0.25) is 0 Å². The number of nitrogens with one attached hydrogen (secondary N) is 1. The molecule has 1 atom stereocenters. The van der Waals surface area contributed by atoms with Crippen molar-refractivity contribution in [3.63, 3.8) is 0 Å². The summed E-state index contributed by atoms with van der Waals surface area (Å²) < 4.78 is 5.45. The van der Waals surface area contributed by atoms with Gasteiger partial charge in [-0.1, -0.05) is 19.1 Å². The maximum absolute atomic E-state index is 12.9. The molecule has 0 aliphatic carbocycles. The van der Waals surface area contributed by atoms with Crippen LogP contribution in [-0.4, -0.2) is 50.3 Å². The Kier molecular flexibility index (Phi) is 5.76. The first-order chi connectivity index (χ1) is 13.7. The molecule has 1 amide bonds. The fraction of sp³-hybridized carbons (Fsp3) is 0.455. The number of para-hydroxylation sites is 2. The minimum atomic E-state index is -0.102. The number of hydrogen-bond acceptors (Lipinski definition) is 5. The third-order valence-electron chi connectivity index (χ3n) is 5.49. The highest BCUT2D eigenvalue weighted by molar-refractivity contribution is 6.06. The van der Waals surface area contributed by atoms with Crippen molar-refractivity contribution in [1.82, 2.24) is 4.98 Å². The van der Waals surface area contributed by atoms with Crippen LogP contribution in [0.4, 0.5) is 17.2 Å². The van der Waals surface area contributed by atoms with Crippen molar-refractivity contribution in [1.29, 1.82) is 0 Å². The van der Waals surface area contributed by atoms with Crippen molar-refractivity contribution < 1.29 is 9.53 Å². The molecule has 1 unspecified atom stereocenters. The van der Waals surface area contributed by atoms with Crippen LogP contribution in [0.5, 0.6) is 0 Å². The SMILES string of the molecule is CC1CCCN(c2cc(C(=O)Nc3ccccc3N3CCOCC3)ccn2)C1. The summed E-state index contributed by atoms with van der Waals surface area (Å²) in [6.45, 7) is 7.36. The Bertz CT molecular complexity index is 820. The Labute approximate surface area is 166 Å². The largest absolute Gasteiger partial charge is 0.378 e. The van der Waals surface area contributed by atoms with Crippen LogP contribution in [0.3, 0.4) is 0 Å². The maximum Gasteiger partial charge on any atom is 0.255 e. The minimum absolute atomic E-state index is 0.102. The molecule has 0 bridgehead atoms. The summed E-state index contributed by atoms with van der Waals surface area (Å²) in [7, 11) is 0. The highest BCUT2D eigenvalue weighted by atomic mass is 16.5. The minimum Gasteiger partial charge on any atom is -0.378 e. The molecule has 2 saturated heterocycles. The standard InChI is InChI=1S/C22H28N4O2/c1-17-5-4-10-26(16-17)21-15-18(8-9-23-21)22(27)24-19-6-2-3-7-20(19)25-11-13-28-14-12-25/h2-3,6-9,15,17H,4-5,10-14,16H2,1H3,(H,24,27). The average Bonchev–Trinajstić information content (AvgIpc) is 2.75. The number of carbonyl (C=O) groups is 1. The lowest BCUT2D eigenvalue weighted by Gasteiger charge is -2.32. The van der Waals surface area contributed by atoms with Gasteiger partial charge in [0.15, 0.2) is 0 Å². The van der Waals surface area contributed by atoms with Gasteiger partial charge in [-0.25, -0.2) is 4.98 Å². The molecule has 4 rings (SSSR count). The van der Waals surface area contributed by atoms with E-state index in [0.717, 1.165) is 43.4 Å². The fourth-order valence-electron chi connectivity index (χ4n) is 3.98. The van der Waals surface area contributed by atoms with Crippen LogP contribution in [0, 0.1) is 5.92 Å². The lowest BCUT2D eigenvalue weighted by molar-refractivity contribution is 0.102. The van der Waals surface area contributed by atoms with E-state index in [1.807, 2.05) is 30.3 Å². The van der Waals surface area contributed by atoms with Crippen molar-refractivity contribution in [3.8, 4) is 0 Å². The van der Waals surface area contributed by atoms with E-state index < -0.39 is 0 Å². The predicted octanol–water partition coefficient (Wildman–Crippen LogP) is 3.41. The highest BCUT2D eigenvalue weighted by Gasteiger charge is 2.20. The summed E-state index contributed by atoms with van der Waals surface area (Å²) in [5, 5.41) is 3.10. The number of hydrogen-bond donors (Lipinski definition) is 1. The van der Waals surface area contributed by atoms with Gasteiger partial charge in [-0.05, 0) is 43.0 Å². The number of aromatic nitrogens is 1. The van der Waals surface area contributed by atoms with Crippen LogP contribution in [0.25, 0.3) is 0 Å². The number of rotatable bonds is 4. The van der Waals surface area contributed by atoms with E-state index in [0.29, 0.717) is 24.7 Å². The van der Waals surface area contributed by atoms with Crippen molar-refractivity contribution >= 4 is 23.1 Å². The van der Waals surface area contributed by atoms with Crippen LogP contribution in [0.2, 0.25) is 0 Å². The molecule has 1 N–H and O–H groups in total. The number of anilines is 3. The predicted molar refractivity (Wildman–Crippen MR) is 112 cm³/mol. The molecular formula is C22H28N4O2. The molecule has 3 heterocycles. The van der Waals surface area contributed by atoms with E-state index in [4.69, 9.17) is 4.74 Å². The number of pyridine rings is 1. The highest BCUT2D eigenvalue weighted by Crippen LogP contribution is 2.27. The number of benzene rings is 1. The van der Waals surface area contributed by atoms with E-state index in [2.05, 4.69) is 27.0 Å². The molecule has 0 saturated carbocycles. The first-order valence-corrected chi connectivity index (χ1v) is 10.1. The third-order valence-corrected chi connectivity index (χ3v) is 5.49. The number of morpholine rings is 1. The zero-order valence-electron chi connectivity index (χ0n) is 16.4. The van der Waals surface area contributed by atoms with Crippen LogP contribution < -0.4 is 15.1 Å². The van der Waals surface area contributed by atoms with E-state index in [-0.39, 0.29) is 5.91 Å². The second-order valence-corrected chi connectivity index (χ2v) is 7.67. The first kappa shape index (κ1) is 18.7. The molecule has 1 aromatic heterocycles. The van der Waals surface area contributed by atoms with Crippen molar-refractivity contribution in [3.05, 3.63) is 48.2 Å². The van der Waals surface area contributed by atoms with Gasteiger partial charge in [0.1, 0.15) is 5.82 Å². The van der Waals surface area contributed by atoms with Crippen molar-refractivity contribution in [2.45, 2.75) is 19.8 Å². The lowest BCUT2D eigenvalue weighted by atomic mass is 10.0. The molecule has 28 heavy (non-hydrogen) atoms. The van der Waals surface area contributed by atoms with Crippen LogP contribution in [0.1, 0.15) is 30.1 Å². The molecule has 0 spiro atoms. The summed E-state index contributed by atoms with van der Waals surface area (Å²) in [6, 6.07) is 11.6. The van der Waals surface area contributed by atoms with Gasteiger partial charge in [-0.3, -0.25) is 4.79 Å². The molecule has 2 aliphatic heterocycles. The second-order valence-electron chi connectivity index (χ2n) is 7.67. The van der Waals surface area contributed by atoms with Gasteiger partial charge in [0, 0.05) is 37.9 Å². The molecule has 2 aromatic rings. The summed E-state index contributed by atoms with van der Waals surface area (Å²) in [4.78, 5) is 22.0. The Morgan fingerprint density at radius 3 is 2.79 bits per heavy atom. The molecular weight excluding hydrogens is 352 g/mol. The second kappa shape index (κ2) is 8.61. The number of amides is 1. The fourth-order valence-corrected chi connectivity index (χ4v) is 3.98. The normalized spacial score (nSPS) is 20.1. The van der Waals surface area contributed by atoms with Crippen LogP contribution in [0.15, 0.2) is 42.6 Å². The number of carbonyl (C=O) groups excluding carboxylic acids is 1. The third kappa shape index (κ3) is 4.28. The molecule has 2 fully saturated rings. The molecule has 2 aliphatic rings. The van der Waals surface area contributed by atoms with E-state index in [9.17, 15) is 4.79 Å². The summed E-state index contributed by atoms with van der Waals surface area (Å²) in [6.07, 6.45) is 4.17. The Morgan fingerprint density at radius 1 is 1.14 bits per heavy atom. The monoisotopic (exact) mass is 380 g/mol. The lowest BCUT2D eigenvalue weighted by Crippen LogP contribution is -2.36. The van der Waals surface area contributed by atoms with Gasteiger partial charge in [-0.2, -0.15) is 0 Å². The Balaban J connectivity index is 1.51. The summed E-state index contributed by atoms with van der Waals surface area (Å²) in [5.41, 5.74) is 2.51. The zero-order chi connectivity index (χ0) is 19.3. The first-order valence-electron chi connectivity index (χ1n) is 10.1. The van der Waals surface area contributed by atoms with E-state index in [1.165, 1.54) is 12.8 Å². The quantitative estimate of drug-likeness (QED) is 0.881. The van der Waals surface area contributed by atoms with Crippen LogP contribution in [-0.2, 0) is 4.74 Å². The van der Waals surface area contributed by atoms with Gasteiger partial charge in [-0.15, -0.1) is 0 Å². The zero-order valence-corrected chi connectivity index (χ0v) is 16.4. The Morgan fingerprint density at radius 2 is 1.96 bits per heavy atom.